The van der Waals surface area contributed by atoms with Crippen molar-refractivity contribution in [3.63, 3.8) is 0 Å². The van der Waals surface area contributed by atoms with Gasteiger partial charge in [-0.1, -0.05) is 13.8 Å². The van der Waals surface area contributed by atoms with Crippen molar-refractivity contribution in [3.8, 4) is 0 Å². The van der Waals surface area contributed by atoms with Gasteiger partial charge in [0.15, 0.2) is 0 Å². The molecule has 34 heavy (non-hydrogen) atoms. The maximum Gasteiger partial charge on any atom is 0.224 e. The number of nitrogens with two attached hydrogens (primary N) is 2. The first kappa shape index (κ1) is 26.3. The van der Waals surface area contributed by atoms with Crippen LogP contribution in [0.5, 0.6) is 0 Å². The van der Waals surface area contributed by atoms with Gasteiger partial charge in [0, 0.05) is 38.8 Å². The molecule has 8 heteroatoms. The normalized spacial score (nSPS) is 42.6. The lowest BCUT2D eigenvalue weighted by molar-refractivity contribution is -0.124. The summed E-state index contributed by atoms with van der Waals surface area (Å²) in [6, 6.07) is 0.629. The van der Waals surface area contributed by atoms with Crippen molar-refractivity contribution in [1.29, 1.82) is 0 Å². The van der Waals surface area contributed by atoms with Crippen LogP contribution >= 0.6 is 0 Å². The molecular formula is C26H50N6O2. The first-order chi connectivity index (χ1) is 16.3. The van der Waals surface area contributed by atoms with Gasteiger partial charge < -0.3 is 16.2 Å². The van der Waals surface area contributed by atoms with Crippen molar-refractivity contribution in [3.05, 3.63) is 0 Å². The number of hydrogen-bond acceptors (Lipinski definition) is 7. The van der Waals surface area contributed by atoms with Crippen molar-refractivity contribution in [1.82, 2.24) is 20.9 Å². The number of ether oxygens (including phenoxy) is 1. The molecule has 2 aliphatic carbocycles. The maximum atomic E-state index is 12.3. The number of nitrogens with zero attached hydrogens (tertiary/aromatic N) is 1. The summed E-state index contributed by atoms with van der Waals surface area (Å²) in [7, 11) is 1.85. The van der Waals surface area contributed by atoms with E-state index in [1.54, 1.807) is 0 Å². The summed E-state index contributed by atoms with van der Waals surface area (Å²) in [6.07, 6.45) is 11.2. The Morgan fingerprint density at radius 1 is 1.09 bits per heavy atom. The summed E-state index contributed by atoms with van der Waals surface area (Å²) in [6.45, 7) is 7.25. The molecule has 8 nitrogen and oxygen atoms in total. The minimum Gasteiger partial charge on any atom is -0.381 e. The highest BCUT2D eigenvalue weighted by atomic mass is 16.5. The third-order valence-corrected chi connectivity index (χ3v) is 9.35. The summed E-state index contributed by atoms with van der Waals surface area (Å²) in [5, 5.41) is 11.1. The zero-order valence-electron chi connectivity index (χ0n) is 21.7. The Hall–Kier alpha value is -0.770. The predicted octanol–water partition coefficient (Wildman–Crippen LogP) is 1.55. The molecule has 6 unspecified atom stereocenters. The number of methoxy groups -OCH3 is 1. The summed E-state index contributed by atoms with van der Waals surface area (Å²) in [5.74, 6) is 2.45. The van der Waals surface area contributed by atoms with Crippen molar-refractivity contribution in [2.45, 2.75) is 102 Å². The zero-order chi connectivity index (χ0) is 24.2. The van der Waals surface area contributed by atoms with E-state index in [1.165, 1.54) is 44.9 Å². The maximum absolute atomic E-state index is 12.3. The Bertz CT molecular complexity index is 655. The Morgan fingerprint density at radius 2 is 1.85 bits per heavy atom. The zero-order valence-corrected chi connectivity index (χ0v) is 21.7. The fourth-order valence-electron chi connectivity index (χ4n) is 7.16. The predicted molar refractivity (Wildman–Crippen MR) is 136 cm³/mol. The minimum atomic E-state index is -0.260. The highest BCUT2D eigenvalue weighted by molar-refractivity contribution is 5.77. The van der Waals surface area contributed by atoms with Crippen LogP contribution in [0.3, 0.4) is 0 Å². The molecule has 4 rings (SSSR count). The van der Waals surface area contributed by atoms with Gasteiger partial charge in [-0.25, -0.2) is 0 Å². The molecular weight excluding hydrogens is 428 g/mol. The van der Waals surface area contributed by atoms with Crippen molar-refractivity contribution >= 4 is 5.91 Å². The molecule has 7 atom stereocenters. The molecule has 0 radical (unpaired) electrons. The molecule has 0 spiro atoms. The van der Waals surface area contributed by atoms with Crippen LogP contribution in [-0.2, 0) is 9.53 Å². The van der Waals surface area contributed by atoms with Gasteiger partial charge in [-0.15, -0.1) is 0 Å². The van der Waals surface area contributed by atoms with E-state index in [9.17, 15) is 4.79 Å². The minimum absolute atomic E-state index is 0.0315. The van der Waals surface area contributed by atoms with Gasteiger partial charge in [-0.2, -0.15) is 0 Å². The highest BCUT2D eigenvalue weighted by Gasteiger charge is 2.41. The second-order valence-corrected chi connectivity index (χ2v) is 12.0. The molecule has 4 aliphatic rings. The van der Waals surface area contributed by atoms with E-state index in [4.69, 9.17) is 16.2 Å². The van der Waals surface area contributed by atoms with Crippen LogP contribution in [0.1, 0.15) is 71.6 Å². The van der Waals surface area contributed by atoms with Crippen molar-refractivity contribution in [2.24, 2.45) is 41.1 Å². The molecule has 2 heterocycles. The Kier molecular flexibility index (Phi) is 9.26. The molecule has 4 fully saturated rings. The molecule has 0 aromatic rings. The number of likely N-dealkylation sites (tertiary alicyclic amines) is 1. The van der Waals surface area contributed by atoms with Crippen LogP contribution in [0.4, 0.5) is 0 Å². The number of carbonyl (C=O) groups is 1. The quantitative estimate of drug-likeness (QED) is 0.377. The summed E-state index contributed by atoms with van der Waals surface area (Å²) in [4.78, 5) is 14.7. The van der Waals surface area contributed by atoms with Crippen LogP contribution in [-0.4, -0.2) is 68.2 Å². The average molecular weight is 479 g/mol. The van der Waals surface area contributed by atoms with Gasteiger partial charge in [-0.05, 0) is 81.5 Å². The lowest BCUT2D eigenvalue weighted by atomic mass is 9.66. The molecule has 7 N–H and O–H groups in total. The second-order valence-electron chi connectivity index (χ2n) is 12.0. The van der Waals surface area contributed by atoms with Crippen molar-refractivity contribution in [2.75, 3.05) is 26.7 Å². The SMILES string of the molecule is COC1CCC(C2CC(NC3NC(N4CCC[C@H](N)C4)NCC3C(N)=O)CC(C(C)C)C2)CC1. The van der Waals surface area contributed by atoms with Gasteiger partial charge in [0.25, 0.3) is 0 Å². The average Bonchev–Trinajstić information content (AvgIpc) is 2.83. The lowest BCUT2D eigenvalue weighted by Crippen LogP contribution is -2.72. The smallest absolute Gasteiger partial charge is 0.224 e. The molecule has 196 valence electrons. The van der Waals surface area contributed by atoms with E-state index in [0.717, 1.165) is 43.7 Å². The van der Waals surface area contributed by atoms with E-state index in [0.29, 0.717) is 24.6 Å². The van der Waals surface area contributed by atoms with Gasteiger partial charge >= 0.3 is 0 Å². The number of primary amides is 1. The number of hydrogen-bond donors (Lipinski definition) is 5. The monoisotopic (exact) mass is 478 g/mol. The van der Waals surface area contributed by atoms with Crippen LogP contribution in [0.15, 0.2) is 0 Å². The van der Waals surface area contributed by atoms with E-state index in [-0.39, 0.29) is 30.3 Å². The lowest BCUT2D eigenvalue weighted by Gasteiger charge is -2.47. The number of amides is 1. The molecule has 0 aromatic carbocycles. The number of rotatable bonds is 7. The van der Waals surface area contributed by atoms with Gasteiger partial charge in [0.1, 0.15) is 6.29 Å². The van der Waals surface area contributed by atoms with Gasteiger partial charge in [0.2, 0.25) is 5.91 Å². The Balaban J connectivity index is 1.42. The third-order valence-electron chi connectivity index (χ3n) is 9.35. The standard InChI is InChI=1S/C26H50N6O2/c1-16(2)18-11-19(17-6-8-22(34-3)9-7-17)13-21(12-18)30-25-23(24(28)33)14-29-26(31-25)32-10-4-5-20(27)15-32/h16-23,25-26,29-31H,4-15,27H2,1-3H3,(H2,28,33)/t17?,18?,19?,20-,21?,22?,23?,25?,26?/m0/s1. The first-order valence-electron chi connectivity index (χ1n) is 13.9. The summed E-state index contributed by atoms with van der Waals surface area (Å²) < 4.78 is 5.63. The van der Waals surface area contributed by atoms with Crippen molar-refractivity contribution < 1.29 is 9.53 Å². The first-order valence-corrected chi connectivity index (χ1v) is 13.9. The van der Waals surface area contributed by atoms with Crippen LogP contribution in [0.2, 0.25) is 0 Å². The fourth-order valence-corrected chi connectivity index (χ4v) is 7.16. The largest absolute Gasteiger partial charge is 0.381 e. The Labute approximate surface area is 206 Å². The number of nitrogens with one attached hydrogen (secondary N) is 3. The third kappa shape index (κ3) is 6.51. The van der Waals surface area contributed by atoms with E-state index in [2.05, 4.69) is 34.7 Å². The van der Waals surface area contributed by atoms with E-state index < -0.39 is 0 Å². The number of piperidine rings is 1. The molecule has 1 amide bonds. The molecule has 0 bridgehead atoms. The van der Waals surface area contributed by atoms with Crippen LogP contribution < -0.4 is 27.4 Å². The Morgan fingerprint density at radius 3 is 2.50 bits per heavy atom. The van der Waals surface area contributed by atoms with Gasteiger partial charge in [0.05, 0.1) is 18.2 Å². The second kappa shape index (κ2) is 12.0. The topological polar surface area (TPSA) is 118 Å². The summed E-state index contributed by atoms with van der Waals surface area (Å²) in [5.41, 5.74) is 12.1. The fraction of sp³-hybridized carbons (Fsp3) is 0.962. The molecule has 0 aromatic heterocycles. The molecule has 2 saturated carbocycles. The molecule has 2 aliphatic heterocycles. The van der Waals surface area contributed by atoms with Crippen LogP contribution in [0.25, 0.3) is 0 Å². The summed E-state index contributed by atoms with van der Waals surface area (Å²) >= 11 is 0. The van der Waals surface area contributed by atoms with Crippen LogP contribution in [0, 0.1) is 29.6 Å². The van der Waals surface area contributed by atoms with Gasteiger partial charge in [-0.3, -0.25) is 25.6 Å². The van der Waals surface area contributed by atoms with E-state index in [1.807, 2.05) is 7.11 Å². The molecule has 2 saturated heterocycles. The van der Waals surface area contributed by atoms with E-state index >= 15 is 0 Å². The highest BCUT2D eigenvalue weighted by Crippen LogP contribution is 2.43. The number of carbonyl (C=O) groups excluding carboxylic acids is 1.